The Bertz CT molecular complexity index is 768. The number of aromatic nitrogens is 1. The van der Waals surface area contributed by atoms with E-state index in [-0.39, 0.29) is 11.8 Å². The van der Waals surface area contributed by atoms with Gasteiger partial charge in [-0.05, 0) is 25.0 Å². The number of fused-ring (bicyclic) bond motifs is 1. The lowest BCUT2D eigenvalue weighted by Gasteiger charge is -2.23. The molecule has 106 valence electrons. The van der Waals surface area contributed by atoms with Gasteiger partial charge in [0.05, 0.1) is 0 Å². The summed E-state index contributed by atoms with van der Waals surface area (Å²) in [5.41, 5.74) is 1.61. The zero-order valence-corrected chi connectivity index (χ0v) is 12.2. The number of hydrogen-bond acceptors (Lipinski definition) is 4. The maximum Gasteiger partial charge on any atom is 0.229 e. The number of anilines is 1. The fourth-order valence-corrected chi connectivity index (χ4v) is 3.13. The molecule has 1 aliphatic rings. The van der Waals surface area contributed by atoms with E-state index in [1.165, 1.54) is 11.3 Å². The minimum atomic E-state index is 0.0896. The molecule has 5 heteroatoms. The standard InChI is InChI=1S/C16H14N2O2S/c19-15(10-5-3-6-10)18-16-17-12(9-21-16)14-8-11-4-1-2-7-13(11)20-14/h1-2,4,7-10H,3,5-6H2,(H,17,18,19). The van der Waals surface area contributed by atoms with E-state index in [1.54, 1.807) is 0 Å². The molecule has 0 unspecified atom stereocenters. The van der Waals surface area contributed by atoms with Crippen molar-refractivity contribution < 1.29 is 9.21 Å². The Hall–Kier alpha value is -2.14. The molecule has 21 heavy (non-hydrogen) atoms. The van der Waals surface area contributed by atoms with Gasteiger partial charge in [0.15, 0.2) is 10.9 Å². The molecule has 1 N–H and O–H groups in total. The van der Waals surface area contributed by atoms with Gasteiger partial charge in [-0.2, -0.15) is 0 Å². The predicted octanol–water partition coefficient (Wildman–Crippen LogP) is 4.29. The highest BCUT2D eigenvalue weighted by Crippen LogP contribution is 2.31. The van der Waals surface area contributed by atoms with Crippen molar-refractivity contribution in [1.29, 1.82) is 0 Å². The average molecular weight is 298 g/mol. The van der Waals surface area contributed by atoms with Crippen LogP contribution in [-0.2, 0) is 4.79 Å². The zero-order valence-electron chi connectivity index (χ0n) is 11.3. The smallest absolute Gasteiger partial charge is 0.229 e. The van der Waals surface area contributed by atoms with Crippen LogP contribution in [0.5, 0.6) is 0 Å². The van der Waals surface area contributed by atoms with Crippen molar-refractivity contribution in [2.75, 3.05) is 5.32 Å². The first kappa shape index (κ1) is 12.6. The Morgan fingerprint density at radius 1 is 1.33 bits per heavy atom. The Kier molecular flexibility index (Phi) is 3.00. The lowest BCUT2D eigenvalue weighted by molar-refractivity contribution is -0.122. The number of benzene rings is 1. The molecular weight excluding hydrogens is 284 g/mol. The van der Waals surface area contributed by atoms with Gasteiger partial charge in [0.1, 0.15) is 11.3 Å². The van der Waals surface area contributed by atoms with Crippen molar-refractivity contribution in [3.05, 3.63) is 35.7 Å². The fraction of sp³-hybridized carbons (Fsp3) is 0.250. The second kappa shape index (κ2) is 5.00. The minimum absolute atomic E-state index is 0.0896. The molecule has 4 rings (SSSR count). The molecule has 0 spiro atoms. The summed E-state index contributed by atoms with van der Waals surface area (Å²) in [5.74, 6) is 0.992. The van der Waals surface area contributed by atoms with Gasteiger partial charge in [-0.25, -0.2) is 4.98 Å². The van der Waals surface area contributed by atoms with E-state index in [0.717, 1.165) is 41.7 Å². The molecule has 2 heterocycles. The summed E-state index contributed by atoms with van der Waals surface area (Å²) in [5, 5.41) is 6.50. The summed E-state index contributed by atoms with van der Waals surface area (Å²) >= 11 is 1.43. The highest BCUT2D eigenvalue weighted by molar-refractivity contribution is 7.14. The summed E-state index contributed by atoms with van der Waals surface area (Å²) in [7, 11) is 0. The molecule has 1 aromatic carbocycles. The Morgan fingerprint density at radius 3 is 2.95 bits per heavy atom. The number of carbonyl (C=O) groups is 1. The van der Waals surface area contributed by atoms with Gasteiger partial charge in [-0.1, -0.05) is 24.6 Å². The van der Waals surface area contributed by atoms with Crippen LogP contribution in [0.4, 0.5) is 5.13 Å². The van der Waals surface area contributed by atoms with E-state index in [2.05, 4.69) is 10.3 Å². The third-order valence-electron chi connectivity index (χ3n) is 3.89. The minimum Gasteiger partial charge on any atom is -0.454 e. The molecular formula is C16H14N2O2S. The third kappa shape index (κ3) is 2.34. The van der Waals surface area contributed by atoms with Crippen molar-refractivity contribution in [3.8, 4) is 11.5 Å². The van der Waals surface area contributed by atoms with Crippen molar-refractivity contribution in [2.24, 2.45) is 5.92 Å². The second-order valence-electron chi connectivity index (χ2n) is 5.30. The second-order valence-corrected chi connectivity index (χ2v) is 6.16. The Balaban J connectivity index is 1.57. The Labute approximate surface area is 125 Å². The van der Waals surface area contributed by atoms with Crippen LogP contribution < -0.4 is 5.32 Å². The normalized spacial score (nSPS) is 15.0. The molecule has 0 aliphatic heterocycles. The third-order valence-corrected chi connectivity index (χ3v) is 4.65. The predicted molar refractivity (Wildman–Crippen MR) is 83.3 cm³/mol. The number of furan rings is 1. The molecule has 0 bridgehead atoms. The SMILES string of the molecule is O=C(Nc1nc(-c2cc3ccccc3o2)cs1)C1CCC1. The number of hydrogen-bond donors (Lipinski definition) is 1. The van der Waals surface area contributed by atoms with Crippen LogP contribution in [0, 0.1) is 5.92 Å². The number of nitrogens with one attached hydrogen (secondary N) is 1. The van der Waals surface area contributed by atoms with Crippen LogP contribution in [0.1, 0.15) is 19.3 Å². The van der Waals surface area contributed by atoms with Crippen LogP contribution in [-0.4, -0.2) is 10.9 Å². The number of para-hydroxylation sites is 1. The molecule has 1 saturated carbocycles. The maximum atomic E-state index is 11.9. The zero-order chi connectivity index (χ0) is 14.2. The van der Waals surface area contributed by atoms with Crippen LogP contribution in [0.15, 0.2) is 40.1 Å². The summed E-state index contributed by atoms with van der Waals surface area (Å²) in [6.45, 7) is 0. The van der Waals surface area contributed by atoms with Crippen molar-refractivity contribution >= 4 is 33.3 Å². The summed E-state index contributed by atoms with van der Waals surface area (Å²) in [6, 6.07) is 9.84. The molecule has 1 aliphatic carbocycles. The van der Waals surface area contributed by atoms with E-state index >= 15 is 0 Å². The molecule has 4 nitrogen and oxygen atoms in total. The molecule has 0 radical (unpaired) electrons. The van der Waals surface area contributed by atoms with E-state index in [1.807, 2.05) is 35.7 Å². The number of rotatable bonds is 3. The monoisotopic (exact) mass is 298 g/mol. The first-order chi connectivity index (χ1) is 10.3. The highest BCUT2D eigenvalue weighted by atomic mass is 32.1. The van der Waals surface area contributed by atoms with Crippen LogP contribution >= 0.6 is 11.3 Å². The molecule has 1 fully saturated rings. The first-order valence-corrected chi connectivity index (χ1v) is 7.93. The quantitative estimate of drug-likeness (QED) is 0.784. The van der Waals surface area contributed by atoms with Gasteiger partial charge in [-0.15, -0.1) is 11.3 Å². The largest absolute Gasteiger partial charge is 0.454 e. The van der Waals surface area contributed by atoms with Crippen LogP contribution in [0.3, 0.4) is 0 Å². The Morgan fingerprint density at radius 2 is 2.19 bits per heavy atom. The van der Waals surface area contributed by atoms with E-state index in [9.17, 15) is 4.79 Å². The van der Waals surface area contributed by atoms with Crippen LogP contribution in [0.2, 0.25) is 0 Å². The van der Waals surface area contributed by atoms with Crippen molar-refractivity contribution in [3.63, 3.8) is 0 Å². The molecule has 1 amide bonds. The highest BCUT2D eigenvalue weighted by Gasteiger charge is 2.25. The van der Waals surface area contributed by atoms with Crippen molar-refractivity contribution in [1.82, 2.24) is 4.98 Å². The number of amides is 1. The topological polar surface area (TPSA) is 55.1 Å². The van der Waals surface area contributed by atoms with Crippen molar-refractivity contribution in [2.45, 2.75) is 19.3 Å². The number of carbonyl (C=O) groups excluding carboxylic acids is 1. The van der Waals surface area contributed by atoms with Gasteiger partial charge >= 0.3 is 0 Å². The summed E-state index contributed by atoms with van der Waals surface area (Å²) in [4.78, 5) is 16.4. The molecule has 2 aromatic heterocycles. The maximum absolute atomic E-state index is 11.9. The molecule has 3 aromatic rings. The van der Waals surface area contributed by atoms with E-state index < -0.39 is 0 Å². The lowest BCUT2D eigenvalue weighted by Crippen LogP contribution is -2.27. The lowest BCUT2D eigenvalue weighted by atomic mass is 9.85. The number of thiazole rings is 1. The molecule has 0 atom stereocenters. The first-order valence-electron chi connectivity index (χ1n) is 7.05. The summed E-state index contributed by atoms with van der Waals surface area (Å²) < 4.78 is 5.78. The van der Waals surface area contributed by atoms with Crippen LogP contribution in [0.25, 0.3) is 22.4 Å². The summed E-state index contributed by atoms with van der Waals surface area (Å²) in [6.07, 6.45) is 3.14. The van der Waals surface area contributed by atoms with Gasteiger partial charge in [0.25, 0.3) is 0 Å². The van der Waals surface area contributed by atoms with Gasteiger partial charge < -0.3 is 9.73 Å². The average Bonchev–Trinajstić information content (AvgIpc) is 3.01. The number of nitrogens with zero attached hydrogens (tertiary/aromatic N) is 1. The van der Waals surface area contributed by atoms with Gasteiger partial charge in [0, 0.05) is 16.7 Å². The fourth-order valence-electron chi connectivity index (χ4n) is 2.43. The molecule has 0 saturated heterocycles. The van der Waals surface area contributed by atoms with E-state index in [0.29, 0.717) is 5.13 Å². The van der Waals surface area contributed by atoms with E-state index in [4.69, 9.17) is 4.42 Å². The van der Waals surface area contributed by atoms with Gasteiger partial charge in [-0.3, -0.25) is 4.79 Å². The van der Waals surface area contributed by atoms with Gasteiger partial charge in [0.2, 0.25) is 5.91 Å².